The van der Waals surface area contributed by atoms with Crippen molar-refractivity contribution in [2.24, 2.45) is 0 Å². The molecule has 106 valence electrons. The van der Waals surface area contributed by atoms with Crippen molar-refractivity contribution in [3.63, 3.8) is 0 Å². The first kappa shape index (κ1) is 16.0. The molecule has 0 amide bonds. The highest BCUT2D eigenvalue weighted by atomic mass is 79.9. The van der Waals surface area contributed by atoms with E-state index in [0.717, 1.165) is 15.8 Å². The van der Waals surface area contributed by atoms with Crippen molar-refractivity contribution in [2.75, 3.05) is 5.75 Å². The largest absolute Gasteiger partial charge is 0.293 e. The standard InChI is InChI=1S/C12H7BrCl2O3S2/c13-7-1-3-8(4-2-7)20(17,18)6-10(16)9-5-11(14)19-12(9)15/h1-5H,6H2. The van der Waals surface area contributed by atoms with Crippen molar-refractivity contribution >= 4 is 66.1 Å². The summed E-state index contributed by atoms with van der Waals surface area (Å²) in [5.41, 5.74) is 0.141. The summed E-state index contributed by atoms with van der Waals surface area (Å²) in [5, 5.41) is 0. The van der Waals surface area contributed by atoms with Crippen LogP contribution in [0, 0.1) is 0 Å². The summed E-state index contributed by atoms with van der Waals surface area (Å²) in [4.78, 5) is 12.1. The zero-order valence-electron chi connectivity index (χ0n) is 9.77. The lowest BCUT2D eigenvalue weighted by Gasteiger charge is -2.03. The van der Waals surface area contributed by atoms with Crippen molar-refractivity contribution in [1.29, 1.82) is 0 Å². The summed E-state index contributed by atoms with van der Waals surface area (Å²) >= 11 is 15.8. The number of hydrogen-bond donors (Lipinski definition) is 0. The lowest BCUT2D eigenvalue weighted by atomic mass is 10.2. The van der Waals surface area contributed by atoms with Crippen LogP contribution in [0.1, 0.15) is 10.4 Å². The Hall–Kier alpha value is -0.400. The first-order valence-corrected chi connectivity index (χ1v) is 9.28. The molecule has 0 atom stereocenters. The quantitative estimate of drug-likeness (QED) is 0.694. The molecule has 3 nitrogen and oxygen atoms in total. The first-order chi connectivity index (χ1) is 9.29. The molecule has 2 rings (SSSR count). The molecule has 1 aromatic carbocycles. The molecule has 0 aliphatic carbocycles. The van der Waals surface area contributed by atoms with Crippen molar-refractivity contribution in [3.05, 3.63) is 49.0 Å². The van der Waals surface area contributed by atoms with E-state index in [0.29, 0.717) is 4.34 Å². The van der Waals surface area contributed by atoms with Gasteiger partial charge in [0.15, 0.2) is 15.6 Å². The van der Waals surface area contributed by atoms with E-state index >= 15 is 0 Å². The van der Waals surface area contributed by atoms with Crippen molar-refractivity contribution in [3.8, 4) is 0 Å². The van der Waals surface area contributed by atoms with E-state index in [9.17, 15) is 13.2 Å². The number of hydrogen-bond acceptors (Lipinski definition) is 4. The van der Waals surface area contributed by atoms with Crippen LogP contribution in [0.2, 0.25) is 8.67 Å². The molecule has 0 bridgehead atoms. The Kier molecular flexibility index (Phi) is 4.92. The second-order valence-corrected chi connectivity index (χ2v) is 9.06. The van der Waals surface area contributed by atoms with Crippen LogP contribution in [0.5, 0.6) is 0 Å². The number of carbonyl (C=O) groups is 1. The summed E-state index contributed by atoms with van der Waals surface area (Å²) in [6, 6.07) is 7.47. The van der Waals surface area contributed by atoms with Gasteiger partial charge in [0.05, 0.1) is 9.23 Å². The summed E-state index contributed by atoms with van der Waals surface area (Å²) in [7, 11) is -3.70. The predicted octanol–water partition coefficient (Wildman–Crippen LogP) is 4.47. The monoisotopic (exact) mass is 412 g/mol. The SMILES string of the molecule is O=C(CS(=O)(=O)c1ccc(Br)cc1)c1cc(Cl)sc1Cl. The molecule has 0 saturated carbocycles. The Morgan fingerprint density at radius 1 is 1.20 bits per heavy atom. The summed E-state index contributed by atoms with van der Waals surface area (Å²) in [5.74, 6) is -1.21. The van der Waals surface area contributed by atoms with E-state index in [1.54, 1.807) is 12.1 Å². The Bertz CT molecular complexity index is 752. The Morgan fingerprint density at radius 2 is 1.80 bits per heavy atom. The van der Waals surface area contributed by atoms with Crippen LogP contribution in [0.4, 0.5) is 0 Å². The number of ketones is 1. The Labute approximate surface area is 138 Å². The Balaban J connectivity index is 2.26. The van der Waals surface area contributed by atoms with Gasteiger partial charge in [-0.3, -0.25) is 4.79 Å². The number of Topliss-reactive ketones (excluding diaryl/α,β-unsaturated/α-hetero) is 1. The van der Waals surface area contributed by atoms with Gasteiger partial charge >= 0.3 is 0 Å². The average molecular weight is 414 g/mol. The minimum absolute atomic E-state index is 0.0894. The second kappa shape index (κ2) is 6.15. The van der Waals surface area contributed by atoms with Gasteiger partial charge in [0.2, 0.25) is 0 Å². The molecule has 0 aliphatic rings. The molecule has 2 aromatic rings. The number of carbonyl (C=O) groups excluding carboxylic acids is 1. The molecule has 0 spiro atoms. The first-order valence-electron chi connectivity index (χ1n) is 5.26. The van der Waals surface area contributed by atoms with E-state index in [1.807, 2.05) is 0 Å². The van der Waals surface area contributed by atoms with Crippen LogP contribution in [0.25, 0.3) is 0 Å². The van der Waals surface area contributed by atoms with E-state index in [1.165, 1.54) is 18.2 Å². The molecule has 0 saturated heterocycles. The van der Waals surface area contributed by atoms with Gasteiger partial charge in [0, 0.05) is 10.0 Å². The van der Waals surface area contributed by atoms with Gasteiger partial charge in [-0.05, 0) is 30.3 Å². The summed E-state index contributed by atoms with van der Waals surface area (Å²) < 4.78 is 25.6. The lowest BCUT2D eigenvalue weighted by molar-refractivity contribution is 0.102. The fourth-order valence-corrected chi connectivity index (χ4v) is 4.49. The van der Waals surface area contributed by atoms with Gasteiger partial charge in [-0.25, -0.2) is 8.42 Å². The van der Waals surface area contributed by atoms with Crippen LogP contribution in [0.3, 0.4) is 0 Å². The van der Waals surface area contributed by atoms with Crippen LogP contribution < -0.4 is 0 Å². The predicted molar refractivity (Wildman–Crippen MR) is 84.9 cm³/mol. The normalized spacial score (nSPS) is 11.6. The van der Waals surface area contributed by atoms with Crippen LogP contribution in [0.15, 0.2) is 39.7 Å². The van der Waals surface area contributed by atoms with Crippen LogP contribution in [-0.2, 0) is 9.84 Å². The third kappa shape index (κ3) is 3.62. The molecule has 0 N–H and O–H groups in total. The molecule has 0 radical (unpaired) electrons. The lowest BCUT2D eigenvalue weighted by Crippen LogP contribution is -2.16. The third-order valence-corrected chi connectivity index (χ3v) is 6.10. The van der Waals surface area contributed by atoms with E-state index in [-0.39, 0.29) is 14.8 Å². The second-order valence-electron chi connectivity index (χ2n) is 3.87. The third-order valence-electron chi connectivity index (χ3n) is 2.45. The van der Waals surface area contributed by atoms with E-state index in [2.05, 4.69) is 15.9 Å². The number of rotatable bonds is 4. The van der Waals surface area contributed by atoms with Gasteiger partial charge < -0.3 is 0 Å². The number of benzene rings is 1. The van der Waals surface area contributed by atoms with Crippen LogP contribution >= 0.6 is 50.5 Å². The van der Waals surface area contributed by atoms with Crippen molar-refractivity contribution in [1.82, 2.24) is 0 Å². The van der Waals surface area contributed by atoms with Crippen molar-refractivity contribution in [2.45, 2.75) is 4.90 Å². The van der Waals surface area contributed by atoms with E-state index < -0.39 is 21.4 Å². The molecule has 8 heteroatoms. The number of sulfone groups is 1. The molecular formula is C12H7BrCl2O3S2. The fraction of sp³-hybridized carbons (Fsp3) is 0.0833. The van der Waals surface area contributed by atoms with Crippen LogP contribution in [-0.4, -0.2) is 20.0 Å². The minimum Gasteiger partial charge on any atom is -0.293 e. The van der Waals surface area contributed by atoms with Gasteiger partial charge in [-0.1, -0.05) is 39.1 Å². The zero-order chi connectivity index (χ0) is 14.9. The maximum Gasteiger partial charge on any atom is 0.185 e. The average Bonchev–Trinajstić information content (AvgIpc) is 2.68. The number of thiophene rings is 1. The molecule has 0 unspecified atom stereocenters. The maximum absolute atomic E-state index is 12.1. The van der Waals surface area contributed by atoms with Gasteiger partial charge in [0.1, 0.15) is 10.1 Å². The van der Waals surface area contributed by atoms with Gasteiger partial charge in [-0.2, -0.15) is 0 Å². The maximum atomic E-state index is 12.1. The molecular weight excluding hydrogens is 407 g/mol. The van der Waals surface area contributed by atoms with Crippen molar-refractivity contribution < 1.29 is 13.2 Å². The molecule has 0 aliphatic heterocycles. The smallest absolute Gasteiger partial charge is 0.185 e. The highest BCUT2D eigenvalue weighted by Crippen LogP contribution is 2.32. The summed E-state index contributed by atoms with van der Waals surface area (Å²) in [6.45, 7) is 0. The van der Waals surface area contributed by atoms with Gasteiger partial charge in [0.25, 0.3) is 0 Å². The molecule has 20 heavy (non-hydrogen) atoms. The molecule has 1 aromatic heterocycles. The topological polar surface area (TPSA) is 51.2 Å². The summed E-state index contributed by atoms with van der Waals surface area (Å²) in [6.07, 6.45) is 0. The highest BCUT2D eigenvalue weighted by molar-refractivity contribution is 9.10. The minimum atomic E-state index is -3.70. The highest BCUT2D eigenvalue weighted by Gasteiger charge is 2.23. The number of halogens is 3. The van der Waals surface area contributed by atoms with E-state index in [4.69, 9.17) is 23.2 Å². The zero-order valence-corrected chi connectivity index (χ0v) is 14.5. The fourth-order valence-electron chi connectivity index (χ4n) is 1.51. The van der Waals surface area contributed by atoms with Gasteiger partial charge in [-0.15, -0.1) is 11.3 Å². The molecule has 0 fully saturated rings. The Morgan fingerprint density at radius 3 is 2.30 bits per heavy atom. The molecule has 1 heterocycles.